The molecule has 0 aliphatic carbocycles. The first-order chi connectivity index (χ1) is 6.24. The van der Waals surface area contributed by atoms with Gasteiger partial charge in [-0.15, -0.1) is 0 Å². The molecule has 0 bridgehead atoms. The monoisotopic (exact) mass is 199 g/mol. The van der Waals surface area contributed by atoms with Gasteiger partial charge in [0, 0.05) is 6.54 Å². The summed E-state index contributed by atoms with van der Waals surface area (Å²) in [6, 6.07) is 4.65. The number of halogens is 2. The predicted molar refractivity (Wildman–Crippen MR) is 54.4 cm³/mol. The van der Waals surface area contributed by atoms with Crippen LogP contribution >= 0.6 is 11.6 Å². The van der Waals surface area contributed by atoms with Crippen molar-refractivity contribution in [2.45, 2.75) is 0 Å². The third-order valence-corrected chi connectivity index (χ3v) is 1.87. The maximum absolute atomic E-state index is 12.7. The fourth-order valence-corrected chi connectivity index (χ4v) is 1.12. The Morgan fingerprint density at radius 2 is 2.31 bits per heavy atom. The third-order valence-electron chi connectivity index (χ3n) is 1.58. The van der Waals surface area contributed by atoms with Gasteiger partial charge in [0.05, 0.1) is 5.02 Å². The van der Waals surface area contributed by atoms with Crippen molar-refractivity contribution in [1.82, 2.24) is 5.32 Å². The first kappa shape index (κ1) is 10.2. The molecule has 1 aromatic carbocycles. The van der Waals surface area contributed by atoms with Crippen molar-refractivity contribution in [2.24, 2.45) is 0 Å². The lowest BCUT2D eigenvalue weighted by molar-refractivity contribution is 0.628. The van der Waals surface area contributed by atoms with Crippen LogP contribution in [0.2, 0.25) is 5.02 Å². The molecule has 13 heavy (non-hydrogen) atoms. The lowest BCUT2D eigenvalue weighted by Gasteiger charge is -1.96. The number of hydrogen-bond donors (Lipinski definition) is 1. The van der Waals surface area contributed by atoms with Crippen LogP contribution in [-0.2, 0) is 0 Å². The summed E-state index contributed by atoms with van der Waals surface area (Å²) >= 11 is 5.60. The predicted octanol–water partition coefficient (Wildman–Crippen LogP) is 2.71. The summed E-state index contributed by atoms with van der Waals surface area (Å²) in [5, 5.41) is 3.13. The maximum atomic E-state index is 12.7. The molecular formula is C10H11ClFN. The van der Waals surface area contributed by atoms with Gasteiger partial charge in [0.15, 0.2) is 0 Å². The van der Waals surface area contributed by atoms with E-state index in [0.29, 0.717) is 0 Å². The summed E-state index contributed by atoms with van der Waals surface area (Å²) in [5.41, 5.74) is 0.904. The van der Waals surface area contributed by atoms with E-state index in [4.69, 9.17) is 11.6 Å². The van der Waals surface area contributed by atoms with Gasteiger partial charge in [0.1, 0.15) is 5.82 Å². The summed E-state index contributed by atoms with van der Waals surface area (Å²) in [5.74, 6) is -0.382. The molecule has 1 aromatic rings. The average molecular weight is 200 g/mol. The van der Waals surface area contributed by atoms with Gasteiger partial charge in [0.2, 0.25) is 0 Å². The van der Waals surface area contributed by atoms with E-state index in [9.17, 15) is 4.39 Å². The SMILES string of the molecule is CNCC=Cc1ccc(F)c(Cl)c1. The Kier molecular flexibility index (Phi) is 3.93. The van der Waals surface area contributed by atoms with Crippen LogP contribution in [0.3, 0.4) is 0 Å². The molecule has 0 unspecified atom stereocenters. The van der Waals surface area contributed by atoms with Crippen molar-refractivity contribution in [3.8, 4) is 0 Å². The molecule has 1 nitrogen and oxygen atoms in total. The minimum Gasteiger partial charge on any atom is -0.316 e. The Bertz CT molecular complexity index is 310. The van der Waals surface area contributed by atoms with Crippen LogP contribution in [0.4, 0.5) is 4.39 Å². The van der Waals surface area contributed by atoms with E-state index < -0.39 is 0 Å². The normalized spacial score (nSPS) is 11.0. The van der Waals surface area contributed by atoms with E-state index >= 15 is 0 Å². The van der Waals surface area contributed by atoms with Gasteiger partial charge >= 0.3 is 0 Å². The molecule has 0 amide bonds. The largest absolute Gasteiger partial charge is 0.316 e. The van der Waals surface area contributed by atoms with Crippen LogP contribution in [0.25, 0.3) is 6.08 Å². The van der Waals surface area contributed by atoms with Gasteiger partial charge in [-0.05, 0) is 24.7 Å². The van der Waals surface area contributed by atoms with Crippen molar-refractivity contribution in [3.05, 3.63) is 40.7 Å². The van der Waals surface area contributed by atoms with Crippen LogP contribution in [0.5, 0.6) is 0 Å². The molecule has 0 fully saturated rings. The van der Waals surface area contributed by atoms with Crippen LogP contribution in [0.1, 0.15) is 5.56 Å². The summed E-state index contributed by atoms with van der Waals surface area (Å²) in [7, 11) is 1.86. The maximum Gasteiger partial charge on any atom is 0.141 e. The first-order valence-corrected chi connectivity index (χ1v) is 4.38. The Balaban J connectivity index is 2.73. The van der Waals surface area contributed by atoms with E-state index in [0.717, 1.165) is 12.1 Å². The van der Waals surface area contributed by atoms with E-state index in [1.165, 1.54) is 6.07 Å². The zero-order valence-corrected chi connectivity index (χ0v) is 8.11. The summed E-state index contributed by atoms with van der Waals surface area (Å²) < 4.78 is 12.7. The lowest BCUT2D eigenvalue weighted by atomic mass is 10.2. The fraction of sp³-hybridized carbons (Fsp3) is 0.200. The smallest absolute Gasteiger partial charge is 0.141 e. The zero-order valence-electron chi connectivity index (χ0n) is 7.35. The molecule has 0 aromatic heterocycles. The number of rotatable bonds is 3. The number of benzene rings is 1. The Morgan fingerprint density at radius 1 is 1.54 bits per heavy atom. The van der Waals surface area contributed by atoms with Crippen molar-refractivity contribution >= 4 is 17.7 Å². The molecule has 0 radical (unpaired) electrons. The molecule has 70 valence electrons. The molecule has 0 heterocycles. The number of nitrogens with one attached hydrogen (secondary N) is 1. The lowest BCUT2D eigenvalue weighted by Crippen LogP contribution is -2.03. The first-order valence-electron chi connectivity index (χ1n) is 4.00. The molecule has 1 rings (SSSR count). The van der Waals surface area contributed by atoms with E-state index in [2.05, 4.69) is 5.32 Å². The highest BCUT2D eigenvalue weighted by molar-refractivity contribution is 6.30. The van der Waals surface area contributed by atoms with Crippen molar-refractivity contribution in [1.29, 1.82) is 0 Å². The van der Waals surface area contributed by atoms with Crippen LogP contribution in [-0.4, -0.2) is 13.6 Å². The van der Waals surface area contributed by atoms with Gasteiger partial charge in [-0.3, -0.25) is 0 Å². The van der Waals surface area contributed by atoms with E-state index in [1.54, 1.807) is 12.1 Å². The molecule has 3 heteroatoms. The van der Waals surface area contributed by atoms with E-state index in [1.807, 2.05) is 19.2 Å². The van der Waals surface area contributed by atoms with Crippen molar-refractivity contribution in [2.75, 3.05) is 13.6 Å². The van der Waals surface area contributed by atoms with Gasteiger partial charge in [-0.2, -0.15) is 0 Å². The molecule has 0 saturated heterocycles. The highest BCUT2D eigenvalue weighted by atomic mass is 35.5. The molecule has 0 atom stereocenters. The minimum absolute atomic E-state index is 0.159. The Hall–Kier alpha value is -0.860. The second kappa shape index (κ2) is 5.00. The topological polar surface area (TPSA) is 12.0 Å². The van der Waals surface area contributed by atoms with Crippen LogP contribution in [0, 0.1) is 5.82 Å². The highest BCUT2D eigenvalue weighted by Crippen LogP contribution is 2.16. The summed E-state index contributed by atoms with van der Waals surface area (Å²) in [4.78, 5) is 0. The van der Waals surface area contributed by atoms with Crippen molar-refractivity contribution in [3.63, 3.8) is 0 Å². The third kappa shape index (κ3) is 3.17. The van der Waals surface area contributed by atoms with Crippen molar-refractivity contribution < 1.29 is 4.39 Å². The zero-order chi connectivity index (χ0) is 9.68. The molecule has 1 N–H and O–H groups in total. The van der Waals surface area contributed by atoms with Gasteiger partial charge in [0.25, 0.3) is 0 Å². The molecule has 0 spiro atoms. The number of hydrogen-bond acceptors (Lipinski definition) is 1. The van der Waals surface area contributed by atoms with Gasteiger partial charge in [-0.1, -0.05) is 29.8 Å². The second-order valence-electron chi connectivity index (χ2n) is 2.63. The standard InChI is InChI=1S/C10H11ClFN/c1-13-6-2-3-8-4-5-10(12)9(11)7-8/h2-5,7,13H,6H2,1H3. The fourth-order valence-electron chi connectivity index (χ4n) is 0.929. The number of likely N-dealkylation sites (N-methyl/N-ethyl adjacent to an activating group) is 1. The van der Waals surface area contributed by atoms with Gasteiger partial charge in [-0.25, -0.2) is 4.39 Å². The van der Waals surface area contributed by atoms with Crippen LogP contribution in [0.15, 0.2) is 24.3 Å². The average Bonchev–Trinajstić information content (AvgIpc) is 2.12. The molecule has 0 aliphatic rings. The van der Waals surface area contributed by atoms with E-state index in [-0.39, 0.29) is 10.8 Å². The van der Waals surface area contributed by atoms with Gasteiger partial charge < -0.3 is 5.32 Å². The Labute approximate surface area is 82.2 Å². The Morgan fingerprint density at radius 3 is 2.92 bits per heavy atom. The quantitative estimate of drug-likeness (QED) is 0.790. The second-order valence-corrected chi connectivity index (χ2v) is 3.04. The van der Waals surface area contributed by atoms with Crippen LogP contribution < -0.4 is 5.32 Å². The summed E-state index contributed by atoms with van der Waals surface area (Å²) in [6.45, 7) is 0.787. The molecule has 0 aliphatic heterocycles. The summed E-state index contributed by atoms with van der Waals surface area (Å²) in [6.07, 6.45) is 3.84. The molecular weight excluding hydrogens is 189 g/mol. The minimum atomic E-state index is -0.382. The molecule has 0 saturated carbocycles. The highest BCUT2D eigenvalue weighted by Gasteiger charge is 1.97.